The Bertz CT molecular complexity index is 635. The van der Waals surface area contributed by atoms with Gasteiger partial charge in [0.1, 0.15) is 5.82 Å². The van der Waals surface area contributed by atoms with Crippen molar-refractivity contribution in [2.24, 2.45) is 0 Å². The highest BCUT2D eigenvalue weighted by Crippen LogP contribution is 2.16. The van der Waals surface area contributed by atoms with Crippen LogP contribution in [0.5, 0.6) is 0 Å². The number of anilines is 1. The first-order valence-electron chi connectivity index (χ1n) is 8.39. The lowest BCUT2D eigenvalue weighted by Crippen LogP contribution is -2.44. The average molecular weight is 390 g/mol. The third-order valence-corrected chi connectivity index (χ3v) is 4.59. The second kappa shape index (κ2) is 8.10. The monoisotopic (exact) mass is 389 g/mol. The van der Waals surface area contributed by atoms with E-state index in [-0.39, 0.29) is 0 Å². The number of nitrogens with one attached hydrogen (secondary N) is 1. The lowest BCUT2D eigenvalue weighted by Gasteiger charge is -2.35. The SMILES string of the molecule is CC1CN(Cc2ccc(CNc3ccc(Br)cn3)cc2)CC(C)O1. The van der Waals surface area contributed by atoms with E-state index in [2.05, 4.69) is 69.2 Å². The predicted octanol–water partition coefficient (Wildman–Crippen LogP) is 4.07. The summed E-state index contributed by atoms with van der Waals surface area (Å²) >= 11 is 3.40. The molecule has 1 aliphatic heterocycles. The fraction of sp³-hybridized carbons (Fsp3) is 0.421. The van der Waals surface area contributed by atoms with Crippen LogP contribution in [0.3, 0.4) is 0 Å². The molecule has 4 nitrogen and oxygen atoms in total. The Kier molecular flexibility index (Phi) is 5.87. The molecular weight excluding hydrogens is 366 g/mol. The molecule has 24 heavy (non-hydrogen) atoms. The fourth-order valence-corrected chi connectivity index (χ4v) is 3.34. The smallest absolute Gasteiger partial charge is 0.126 e. The topological polar surface area (TPSA) is 37.4 Å². The molecule has 2 atom stereocenters. The summed E-state index contributed by atoms with van der Waals surface area (Å²) in [6, 6.07) is 12.8. The van der Waals surface area contributed by atoms with Gasteiger partial charge in [-0.05, 0) is 53.0 Å². The Labute approximate surface area is 152 Å². The minimum atomic E-state index is 0.315. The molecule has 0 radical (unpaired) electrons. The van der Waals surface area contributed by atoms with Crippen LogP contribution in [0.25, 0.3) is 0 Å². The molecule has 0 bridgehead atoms. The van der Waals surface area contributed by atoms with Gasteiger partial charge in [0.15, 0.2) is 0 Å². The van der Waals surface area contributed by atoms with Gasteiger partial charge < -0.3 is 10.1 Å². The highest BCUT2D eigenvalue weighted by molar-refractivity contribution is 9.10. The lowest BCUT2D eigenvalue weighted by atomic mass is 10.1. The zero-order valence-corrected chi connectivity index (χ0v) is 15.8. The van der Waals surface area contributed by atoms with Crippen LogP contribution in [0.2, 0.25) is 0 Å². The van der Waals surface area contributed by atoms with Crippen LogP contribution < -0.4 is 5.32 Å². The maximum Gasteiger partial charge on any atom is 0.126 e. The van der Waals surface area contributed by atoms with Crippen LogP contribution in [-0.4, -0.2) is 35.2 Å². The van der Waals surface area contributed by atoms with E-state index in [0.717, 1.165) is 36.5 Å². The Morgan fingerprint density at radius 1 is 1.08 bits per heavy atom. The van der Waals surface area contributed by atoms with Crippen molar-refractivity contribution in [2.45, 2.75) is 39.1 Å². The number of aromatic nitrogens is 1. The first-order chi connectivity index (χ1) is 11.6. The van der Waals surface area contributed by atoms with Crippen molar-refractivity contribution in [1.82, 2.24) is 9.88 Å². The fourth-order valence-electron chi connectivity index (χ4n) is 3.11. The molecule has 0 saturated carbocycles. The van der Waals surface area contributed by atoms with E-state index in [0.29, 0.717) is 12.2 Å². The van der Waals surface area contributed by atoms with Gasteiger partial charge in [0.2, 0.25) is 0 Å². The molecule has 0 aliphatic carbocycles. The Hall–Kier alpha value is -1.43. The van der Waals surface area contributed by atoms with Crippen LogP contribution in [0, 0.1) is 0 Å². The van der Waals surface area contributed by atoms with Gasteiger partial charge >= 0.3 is 0 Å². The van der Waals surface area contributed by atoms with E-state index in [1.54, 1.807) is 6.20 Å². The molecule has 1 fully saturated rings. The average Bonchev–Trinajstić information content (AvgIpc) is 2.55. The van der Waals surface area contributed by atoms with Gasteiger partial charge in [-0.2, -0.15) is 0 Å². The third kappa shape index (κ3) is 5.03. The summed E-state index contributed by atoms with van der Waals surface area (Å²) in [4.78, 5) is 6.80. The number of halogens is 1. The van der Waals surface area contributed by atoms with Crippen molar-refractivity contribution in [3.05, 3.63) is 58.2 Å². The molecule has 1 N–H and O–H groups in total. The van der Waals surface area contributed by atoms with E-state index < -0.39 is 0 Å². The highest BCUT2D eigenvalue weighted by Gasteiger charge is 2.21. The minimum absolute atomic E-state index is 0.315. The standard InChI is InChI=1S/C19H24BrN3O/c1-14-11-23(12-15(2)24-14)13-17-5-3-16(4-6-17)9-21-19-8-7-18(20)10-22-19/h3-8,10,14-15H,9,11-13H2,1-2H3,(H,21,22). The van der Waals surface area contributed by atoms with Crippen molar-refractivity contribution in [1.29, 1.82) is 0 Å². The van der Waals surface area contributed by atoms with E-state index >= 15 is 0 Å². The maximum absolute atomic E-state index is 5.80. The zero-order chi connectivity index (χ0) is 16.9. The number of ether oxygens (including phenoxy) is 1. The largest absolute Gasteiger partial charge is 0.373 e. The van der Waals surface area contributed by atoms with Gasteiger partial charge in [0.05, 0.1) is 12.2 Å². The zero-order valence-electron chi connectivity index (χ0n) is 14.2. The molecule has 3 rings (SSSR count). The van der Waals surface area contributed by atoms with Crippen molar-refractivity contribution >= 4 is 21.7 Å². The summed E-state index contributed by atoms with van der Waals surface area (Å²) in [5.41, 5.74) is 2.61. The second-order valence-corrected chi connectivity index (χ2v) is 7.40. The molecule has 128 valence electrons. The number of hydrogen-bond donors (Lipinski definition) is 1. The molecule has 0 amide bonds. The van der Waals surface area contributed by atoms with Crippen molar-refractivity contribution in [3.8, 4) is 0 Å². The first kappa shape index (κ1) is 17.4. The molecule has 0 spiro atoms. The number of rotatable bonds is 5. The summed E-state index contributed by atoms with van der Waals surface area (Å²) in [5.74, 6) is 0.888. The number of benzene rings is 1. The summed E-state index contributed by atoms with van der Waals surface area (Å²) in [7, 11) is 0. The second-order valence-electron chi connectivity index (χ2n) is 6.48. The Morgan fingerprint density at radius 3 is 2.38 bits per heavy atom. The minimum Gasteiger partial charge on any atom is -0.373 e. The summed E-state index contributed by atoms with van der Waals surface area (Å²) in [6.45, 7) is 8.06. The number of morpholine rings is 1. The van der Waals surface area contributed by atoms with E-state index in [9.17, 15) is 0 Å². The van der Waals surface area contributed by atoms with Crippen LogP contribution in [0.15, 0.2) is 47.1 Å². The maximum atomic E-state index is 5.80. The number of pyridine rings is 1. The molecule has 2 heterocycles. The van der Waals surface area contributed by atoms with Crippen LogP contribution in [0.4, 0.5) is 5.82 Å². The van der Waals surface area contributed by atoms with Gasteiger partial charge in [-0.1, -0.05) is 24.3 Å². The predicted molar refractivity (Wildman–Crippen MR) is 101 cm³/mol. The molecule has 1 aromatic carbocycles. The van der Waals surface area contributed by atoms with Gasteiger partial charge in [-0.3, -0.25) is 4.90 Å². The Balaban J connectivity index is 1.52. The molecule has 1 aromatic heterocycles. The van der Waals surface area contributed by atoms with Gasteiger partial charge in [0, 0.05) is 36.8 Å². The van der Waals surface area contributed by atoms with Crippen LogP contribution in [-0.2, 0) is 17.8 Å². The molecule has 1 saturated heterocycles. The molecule has 1 aliphatic rings. The highest BCUT2D eigenvalue weighted by atomic mass is 79.9. The lowest BCUT2D eigenvalue weighted by molar-refractivity contribution is -0.0704. The summed E-state index contributed by atoms with van der Waals surface area (Å²) in [6.07, 6.45) is 2.43. The molecule has 2 aromatic rings. The van der Waals surface area contributed by atoms with E-state index in [1.165, 1.54) is 11.1 Å². The van der Waals surface area contributed by atoms with Crippen LogP contribution >= 0.6 is 15.9 Å². The first-order valence-corrected chi connectivity index (χ1v) is 9.19. The number of nitrogens with zero attached hydrogens (tertiary/aromatic N) is 2. The summed E-state index contributed by atoms with van der Waals surface area (Å²) < 4.78 is 6.79. The molecule has 2 unspecified atom stereocenters. The van der Waals surface area contributed by atoms with Crippen LogP contribution in [0.1, 0.15) is 25.0 Å². The van der Waals surface area contributed by atoms with E-state index in [1.807, 2.05) is 12.1 Å². The van der Waals surface area contributed by atoms with Gasteiger partial charge in [0.25, 0.3) is 0 Å². The normalized spacial score (nSPS) is 21.6. The van der Waals surface area contributed by atoms with Gasteiger partial charge in [-0.15, -0.1) is 0 Å². The van der Waals surface area contributed by atoms with Crippen molar-refractivity contribution < 1.29 is 4.74 Å². The van der Waals surface area contributed by atoms with Gasteiger partial charge in [-0.25, -0.2) is 4.98 Å². The molecular formula is C19H24BrN3O. The quantitative estimate of drug-likeness (QED) is 0.836. The third-order valence-electron chi connectivity index (χ3n) is 4.13. The molecule has 5 heteroatoms. The van der Waals surface area contributed by atoms with Crippen molar-refractivity contribution in [2.75, 3.05) is 18.4 Å². The van der Waals surface area contributed by atoms with E-state index in [4.69, 9.17) is 4.74 Å². The summed E-state index contributed by atoms with van der Waals surface area (Å²) in [5, 5.41) is 3.34. The number of hydrogen-bond acceptors (Lipinski definition) is 4. The Morgan fingerprint density at radius 2 is 1.75 bits per heavy atom. The van der Waals surface area contributed by atoms with Crippen molar-refractivity contribution in [3.63, 3.8) is 0 Å².